The average Bonchev–Trinajstić information content (AvgIpc) is 3.15. The second kappa shape index (κ2) is 6.25. The Hall–Kier alpha value is -1.27. The molecule has 0 heterocycles. The van der Waals surface area contributed by atoms with E-state index in [0.717, 1.165) is 18.6 Å². The van der Waals surface area contributed by atoms with Gasteiger partial charge in [-0.2, -0.15) is 0 Å². The normalized spacial score (nSPS) is 15.2. The minimum absolute atomic E-state index is 0.0940. The van der Waals surface area contributed by atoms with Crippen molar-refractivity contribution in [3.8, 4) is 5.75 Å². The van der Waals surface area contributed by atoms with Gasteiger partial charge in [-0.15, -0.1) is 0 Å². The number of ether oxygens (including phenoxy) is 1. The summed E-state index contributed by atoms with van der Waals surface area (Å²) in [4.78, 5) is 0. The number of hydrogen-bond acceptors (Lipinski definition) is 4. The van der Waals surface area contributed by atoms with Crippen LogP contribution in [0.25, 0.3) is 0 Å². The Bertz CT molecular complexity index is 495. The summed E-state index contributed by atoms with van der Waals surface area (Å²) in [7, 11) is -3.28. The molecule has 0 aliphatic heterocycles. The van der Waals surface area contributed by atoms with Gasteiger partial charge in [0, 0.05) is 18.3 Å². The first kappa shape index (κ1) is 14.1. The molecule has 1 aromatic rings. The summed E-state index contributed by atoms with van der Waals surface area (Å²) in [5.41, 5.74) is 0.565. The molecule has 1 fully saturated rings. The largest absolute Gasteiger partial charge is 0.494 e. The van der Waals surface area contributed by atoms with E-state index in [2.05, 4.69) is 10.0 Å². The third-order valence-electron chi connectivity index (χ3n) is 2.82. The summed E-state index contributed by atoms with van der Waals surface area (Å²) in [6.45, 7) is 3.00. The van der Waals surface area contributed by atoms with E-state index in [-0.39, 0.29) is 5.75 Å². The zero-order chi connectivity index (χ0) is 13.7. The monoisotopic (exact) mass is 284 g/mol. The van der Waals surface area contributed by atoms with Gasteiger partial charge in [-0.25, -0.2) is 8.42 Å². The van der Waals surface area contributed by atoms with Crippen LogP contribution >= 0.6 is 0 Å². The Kier molecular flexibility index (Phi) is 4.66. The van der Waals surface area contributed by atoms with Crippen LogP contribution in [0.3, 0.4) is 0 Å². The molecule has 1 aliphatic carbocycles. The van der Waals surface area contributed by atoms with Gasteiger partial charge in [-0.05, 0) is 44.0 Å². The van der Waals surface area contributed by atoms with E-state index in [9.17, 15) is 8.42 Å². The van der Waals surface area contributed by atoms with Crippen molar-refractivity contribution in [3.05, 3.63) is 24.3 Å². The third-order valence-corrected chi connectivity index (χ3v) is 4.11. The minimum atomic E-state index is -3.28. The van der Waals surface area contributed by atoms with Gasteiger partial charge < -0.3 is 10.1 Å². The van der Waals surface area contributed by atoms with Crippen molar-refractivity contribution in [1.82, 2.24) is 5.32 Å². The van der Waals surface area contributed by atoms with Crippen LogP contribution in [0.4, 0.5) is 5.69 Å². The molecule has 0 bridgehead atoms. The first-order valence-corrected chi connectivity index (χ1v) is 8.21. The summed E-state index contributed by atoms with van der Waals surface area (Å²) >= 11 is 0. The maximum Gasteiger partial charge on any atom is 0.233 e. The Labute approximate surface area is 114 Å². The molecule has 2 rings (SSSR count). The van der Waals surface area contributed by atoms with Gasteiger partial charge >= 0.3 is 0 Å². The molecule has 0 amide bonds. The predicted octanol–water partition coefficient (Wildman–Crippen LogP) is 1.58. The van der Waals surface area contributed by atoms with E-state index in [1.165, 1.54) is 0 Å². The van der Waals surface area contributed by atoms with Crippen LogP contribution in [0.5, 0.6) is 5.75 Å². The van der Waals surface area contributed by atoms with E-state index < -0.39 is 10.0 Å². The highest BCUT2D eigenvalue weighted by molar-refractivity contribution is 7.92. The molecule has 5 nitrogen and oxygen atoms in total. The molecule has 1 aliphatic rings. The standard InChI is InChI=1S/C13H20N2O3S/c1-2-18-13-7-5-12(6-8-13)15-19(16,17)10-9-14-11-3-4-11/h5-8,11,14-15H,2-4,9-10H2,1H3. The molecule has 0 radical (unpaired) electrons. The molecule has 106 valence electrons. The van der Waals surface area contributed by atoms with Crippen LogP contribution in [0.2, 0.25) is 0 Å². The highest BCUT2D eigenvalue weighted by Gasteiger charge is 2.21. The molecule has 19 heavy (non-hydrogen) atoms. The van der Waals surface area contributed by atoms with Crippen LogP contribution in [0.15, 0.2) is 24.3 Å². The van der Waals surface area contributed by atoms with Gasteiger partial charge in [0.15, 0.2) is 0 Å². The van der Waals surface area contributed by atoms with E-state index in [0.29, 0.717) is 24.9 Å². The second-order valence-electron chi connectivity index (χ2n) is 4.61. The Morgan fingerprint density at radius 3 is 2.53 bits per heavy atom. The van der Waals surface area contributed by atoms with Gasteiger partial charge in [-0.1, -0.05) is 0 Å². The maximum atomic E-state index is 11.8. The first-order valence-electron chi connectivity index (χ1n) is 6.56. The quantitative estimate of drug-likeness (QED) is 0.760. The summed E-state index contributed by atoms with van der Waals surface area (Å²) in [6.07, 6.45) is 2.32. The van der Waals surface area contributed by atoms with Crippen molar-refractivity contribution in [2.24, 2.45) is 0 Å². The van der Waals surface area contributed by atoms with Gasteiger partial charge in [-0.3, -0.25) is 4.72 Å². The number of rotatable bonds is 8. The lowest BCUT2D eigenvalue weighted by atomic mass is 10.3. The van der Waals surface area contributed by atoms with E-state index in [1.54, 1.807) is 24.3 Å². The van der Waals surface area contributed by atoms with E-state index >= 15 is 0 Å². The fourth-order valence-electron chi connectivity index (χ4n) is 1.70. The van der Waals surface area contributed by atoms with E-state index in [1.807, 2.05) is 6.92 Å². The van der Waals surface area contributed by atoms with Crippen molar-refractivity contribution in [2.45, 2.75) is 25.8 Å². The smallest absolute Gasteiger partial charge is 0.233 e. The molecule has 0 saturated heterocycles. The first-order chi connectivity index (χ1) is 9.09. The molecule has 1 saturated carbocycles. The van der Waals surface area contributed by atoms with Crippen molar-refractivity contribution in [1.29, 1.82) is 0 Å². The lowest BCUT2D eigenvalue weighted by Crippen LogP contribution is -2.27. The summed E-state index contributed by atoms with van der Waals surface area (Å²) in [5, 5.41) is 3.19. The molecule has 0 unspecified atom stereocenters. The van der Waals surface area contributed by atoms with Crippen LogP contribution in [0.1, 0.15) is 19.8 Å². The summed E-state index contributed by atoms with van der Waals surface area (Å²) in [6, 6.07) is 7.45. The molecule has 6 heteroatoms. The van der Waals surface area contributed by atoms with Crippen LogP contribution < -0.4 is 14.8 Å². The molecular formula is C13H20N2O3S. The zero-order valence-corrected chi connectivity index (χ0v) is 11.9. The summed E-state index contributed by atoms with van der Waals surface area (Å²) < 4.78 is 31.5. The topological polar surface area (TPSA) is 67.4 Å². The Morgan fingerprint density at radius 2 is 1.95 bits per heavy atom. The lowest BCUT2D eigenvalue weighted by Gasteiger charge is -2.09. The van der Waals surface area contributed by atoms with Crippen molar-refractivity contribution in [2.75, 3.05) is 23.6 Å². The molecule has 0 aromatic heterocycles. The van der Waals surface area contributed by atoms with Gasteiger partial charge in [0.25, 0.3) is 0 Å². The Morgan fingerprint density at radius 1 is 1.26 bits per heavy atom. The van der Waals surface area contributed by atoms with Gasteiger partial charge in [0.05, 0.1) is 12.4 Å². The maximum absolute atomic E-state index is 11.8. The molecule has 0 spiro atoms. The Balaban J connectivity index is 1.83. The summed E-state index contributed by atoms with van der Waals surface area (Å²) in [5.74, 6) is 0.831. The molecular weight excluding hydrogens is 264 g/mol. The zero-order valence-electron chi connectivity index (χ0n) is 11.1. The number of anilines is 1. The van der Waals surface area contributed by atoms with Crippen molar-refractivity contribution >= 4 is 15.7 Å². The third kappa shape index (κ3) is 5.08. The lowest BCUT2D eigenvalue weighted by molar-refractivity contribution is 0.340. The SMILES string of the molecule is CCOc1ccc(NS(=O)(=O)CCNC2CC2)cc1. The van der Waals surface area contributed by atoms with Gasteiger partial charge in [0.1, 0.15) is 5.75 Å². The minimum Gasteiger partial charge on any atom is -0.494 e. The average molecular weight is 284 g/mol. The molecule has 1 aromatic carbocycles. The number of sulfonamides is 1. The van der Waals surface area contributed by atoms with Crippen LogP contribution in [-0.4, -0.2) is 33.4 Å². The van der Waals surface area contributed by atoms with Crippen LogP contribution in [0, 0.1) is 0 Å². The van der Waals surface area contributed by atoms with Gasteiger partial charge in [0.2, 0.25) is 10.0 Å². The predicted molar refractivity (Wildman–Crippen MR) is 76.0 cm³/mol. The molecule has 2 N–H and O–H groups in total. The highest BCUT2D eigenvalue weighted by atomic mass is 32.2. The fourth-order valence-corrected chi connectivity index (χ4v) is 2.69. The number of hydrogen-bond donors (Lipinski definition) is 2. The number of benzene rings is 1. The van der Waals surface area contributed by atoms with Crippen LogP contribution in [-0.2, 0) is 10.0 Å². The fraction of sp³-hybridized carbons (Fsp3) is 0.538. The van der Waals surface area contributed by atoms with E-state index in [4.69, 9.17) is 4.74 Å². The highest BCUT2D eigenvalue weighted by Crippen LogP contribution is 2.18. The van der Waals surface area contributed by atoms with Crippen molar-refractivity contribution in [3.63, 3.8) is 0 Å². The van der Waals surface area contributed by atoms with Crippen molar-refractivity contribution < 1.29 is 13.2 Å². The second-order valence-corrected chi connectivity index (χ2v) is 6.45. The molecule has 0 atom stereocenters. The number of nitrogens with one attached hydrogen (secondary N) is 2.